The Bertz CT molecular complexity index is 515. The third-order valence-electron chi connectivity index (χ3n) is 3.06. The first-order valence-corrected chi connectivity index (χ1v) is 5.81. The maximum absolute atomic E-state index is 11.9. The minimum absolute atomic E-state index is 0.0661. The van der Waals surface area contributed by atoms with E-state index in [2.05, 4.69) is 11.6 Å². The monoisotopic (exact) mass is 248 g/mol. The standard InChI is InChI=1S/C12H16N4O2/c1-3-10(17)15-6-8-16(9-7-15)11-12(18)14(2)5-4-13-11/h3-5H,1,6-9H2,2H3. The second-order valence-corrected chi connectivity index (χ2v) is 4.18. The normalized spacial score (nSPS) is 15.6. The van der Waals surface area contributed by atoms with Gasteiger partial charge in [-0.3, -0.25) is 9.59 Å². The SMILES string of the molecule is C=CC(=O)N1CCN(c2nccn(C)c2=O)CC1. The molecule has 1 aliphatic rings. The van der Waals surface area contributed by atoms with Crippen molar-refractivity contribution in [3.63, 3.8) is 0 Å². The van der Waals surface area contributed by atoms with E-state index in [9.17, 15) is 9.59 Å². The fourth-order valence-electron chi connectivity index (χ4n) is 1.97. The average molecular weight is 248 g/mol. The van der Waals surface area contributed by atoms with Crippen LogP contribution in [0.3, 0.4) is 0 Å². The minimum Gasteiger partial charge on any atom is -0.348 e. The number of amides is 1. The van der Waals surface area contributed by atoms with Crippen molar-refractivity contribution < 1.29 is 4.79 Å². The van der Waals surface area contributed by atoms with Gasteiger partial charge in [0.25, 0.3) is 5.56 Å². The van der Waals surface area contributed by atoms with Gasteiger partial charge in [0.05, 0.1) is 0 Å². The molecule has 1 aromatic rings. The van der Waals surface area contributed by atoms with Gasteiger partial charge in [0.1, 0.15) is 0 Å². The smallest absolute Gasteiger partial charge is 0.293 e. The molecule has 1 amide bonds. The highest BCUT2D eigenvalue weighted by Gasteiger charge is 2.22. The average Bonchev–Trinajstić information content (AvgIpc) is 2.41. The maximum Gasteiger partial charge on any atom is 0.293 e. The van der Waals surface area contributed by atoms with Crippen LogP contribution in [0.2, 0.25) is 0 Å². The van der Waals surface area contributed by atoms with Crippen molar-refractivity contribution in [1.29, 1.82) is 0 Å². The molecule has 0 aliphatic carbocycles. The van der Waals surface area contributed by atoms with E-state index in [0.717, 1.165) is 0 Å². The Kier molecular flexibility index (Phi) is 3.45. The predicted molar refractivity (Wildman–Crippen MR) is 68.5 cm³/mol. The number of anilines is 1. The summed E-state index contributed by atoms with van der Waals surface area (Å²) >= 11 is 0. The summed E-state index contributed by atoms with van der Waals surface area (Å²) in [5.74, 6) is 0.384. The van der Waals surface area contributed by atoms with E-state index in [0.29, 0.717) is 32.0 Å². The zero-order valence-electron chi connectivity index (χ0n) is 10.4. The van der Waals surface area contributed by atoms with Gasteiger partial charge in [-0.05, 0) is 6.08 Å². The highest BCUT2D eigenvalue weighted by atomic mass is 16.2. The van der Waals surface area contributed by atoms with E-state index in [1.54, 1.807) is 24.3 Å². The van der Waals surface area contributed by atoms with Crippen molar-refractivity contribution in [2.45, 2.75) is 0 Å². The lowest BCUT2D eigenvalue weighted by atomic mass is 10.3. The highest BCUT2D eigenvalue weighted by Crippen LogP contribution is 2.08. The summed E-state index contributed by atoms with van der Waals surface area (Å²) in [4.78, 5) is 31.1. The molecule has 2 heterocycles. The largest absolute Gasteiger partial charge is 0.348 e. The zero-order chi connectivity index (χ0) is 13.1. The Morgan fingerprint density at radius 3 is 2.67 bits per heavy atom. The number of carbonyl (C=O) groups is 1. The summed E-state index contributed by atoms with van der Waals surface area (Å²) in [6.45, 7) is 5.88. The number of aromatic nitrogens is 2. The van der Waals surface area contributed by atoms with E-state index in [1.807, 2.05) is 4.90 Å². The molecule has 6 nitrogen and oxygen atoms in total. The second kappa shape index (κ2) is 5.03. The van der Waals surface area contributed by atoms with Crippen LogP contribution in [0, 0.1) is 0 Å². The van der Waals surface area contributed by atoms with Crippen molar-refractivity contribution in [3.05, 3.63) is 35.4 Å². The highest BCUT2D eigenvalue weighted by molar-refractivity contribution is 5.87. The fourth-order valence-corrected chi connectivity index (χ4v) is 1.97. The summed E-state index contributed by atoms with van der Waals surface area (Å²) in [5, 5.41) is 0. The molecule has 1 aromatic heterocycles. The van der Waals surface area contributed by atoms with Crippen molar-refractivity contribution in [1.82, 2.24) is 14.5 Å². The molecule has 1 fully saturated rings. The fraction of sp³-hybridized carbons (Fsp3) is 0.417. The van der Waals surface area contributed by atoms with Crippen molar-refractivity contribution in [2.75, 3.05) is 31.1 Å². The Balaban J connectivity index is 2.10. The molecule has 0 saturated carbocycles. The van der Waals surface area contributed by atoms with Gasteiger partial charge in [-0.15, -0.1) is 0 Å². The van der Waals surface area contributed by atoms with E-state index < -0.39 is 0 Å². The topological polar surface area (TPSA) is 58.4 Å². The molecular formula is C12H16N4O2. The Labute approximate surface area is 105 Å². The van der Waals surface area contributed by atoms with Crippen LogP contribution in [-0.4, -0.2) is 46.5 Å². The van der Waals surface area contributed by atoms with Gasteiger partial charge in [0, 0.05) is 45.6 Å². The van der Waals surface area contributed by atoms with Crippen LogP contribution in [0.4, 0.5) is 5.82 Å². The van der Waals surface area contributed by atoms with E-state index in [-0.39, 0.29) is 11.5 Å². The quantitative estimate of drug-likeness (QED) is 0.669. The number of piperazine rings is 1. The van der Waals surface area contributed by atoms with E-state index >= 15 is 0 Å². The minimum atomic E-state index is -0.110. The number of rotatable bonds is 2. The zero-order valence-corrected chi connectivity index (χ0v) is 10.4. The summed E-state index contributed by atoms with van der Waals surface area (Å²) in [7, 11) is 1.70. The third kappa shape index (κ3) is 2.27. The number of aryl methyl sites for hydroxylation is 1. The molecule has 18 heavy (non-hydrogen) atoms. The molecule has 0 spiro atoms. The van der Waals surface area contributed by atoms with E-state index in [4.69, 9.17) is 0 Å². The first-order valence-electron chi connectivity index (χ1n) is 5.81. The molecule has 96 valence electrons. The molecule has 0 bridgehead atoms. The second-order valence-electron chi connectivity index (χ2n) is 4.18. The molecule has 0 atom stereocenters. The van der Waals surface area contributed by atoms with Gasteiger partial charge < -0.3 is 14.4 Å². The van der Waals surface area contributed by atoms with Gasteiger partial charge in [-0.2, -0.15) is 0 Å². The molecule has 0 unspecified atom stereocenters. The van der Waals surface area contributed by atoms with Crippen LogP contribution in [0.25, 0.3) is 0 Å². The Morgan fingerprint density at radius 1 is 1.39 bits per heavy atom. The van der Waals surface area contributed by atoms with Crippen LogP contribution in [-0.2, 0) is 11.8 Å². The first kappa shape index (κ1) is 12.3. The molecular weight excluding hydrogens is 232 g/mol. The summed E-state index contributed by atoms with van der Waals surface area (Å²) in [6.07, 6.45) is 4.55. The van der Waals surface area contributed by atoms with Crippen molar-refractivity contribution >= 4 is 11.7 Å². The molecule has 0 aromatic carbocycles. The number of hydrogen-bond acceptors (Lipinski definition) is 4. The number of nitrogens with zero attached hydrogens (tertiary/aromatic N) is 4. The van der Waals surface area contributed by atoms with Crippen LogP contribution >= 0.6 is 0 Å². The van der Waals surface area contributed by atoms with Crippen LogP contribution in [0.5, 0.6) is 0 Å². The molecule has 6 heteroatoms. The summed E-state index contributed by atoms with van der Waals surface area (Å²) in [5.41, 5.74) is -0.110. The maximum atomic E-state index is 11.9. The Morgan fingerprint density at radius 2 is 2.06 bits per heavy atom. The van der Waals surface area contributed by atoms with Gasteiger partial charge in [-0.25, -0.2) is 4.98 Å². The summed E-state index contributed by atoms with van der Waals surface area (Å²) in [6, 6.07) is 0. The van der Waals surface area contributed by atoms with Crippen LogP contribution in [0.15, 0.2) is 29.8 Å². The van der Waals surface area contributed by atoms with Crippen LogP contribution < -0.4 is 10.5 Å². The van der Waals surface area contributed by atoms with Gasteiger partial charge in [0.2, 0.25) is 5.91 Å². The van der Waals surface area contributed by atoms with Crippen molar-refractivity contribution in [3.8, 4) is 0 Å². The lowest BCUT2D eigenvalue weighted by molar-refractivity contribution is -0.126. The first-order chi connectivity index (χ1) is 8.63. The number of carbonyl (C=O) groups excluding carboxylic acids is 1. The molecule has 1 aliphatic heterocycles. The van der Waals surface area contributed by atoms with E-state index in [1.165, 1.54) is 10.6 Å². The third-order valence-corrected chi connectivity index (χ3v) is 3.06. The van der Waals surface area contributed by atoms with Crippen LogP contribution in [0.1, 0.15) is 0 Å². The lowest BCUT2D eigenvalue weighted by Crippen LogP contribution is -2.50. The molecule has 1 saturated heterocycles. The predicted octanol–water partition coefficient (Wildman–Crippen LogP) is -0.385. The Hall–Kier alpha value is -2.11. The van der Waals surface area contributed by atoms with Crippen molar-refractivity contribution in [2.24, 2.45) is 7.05 Å². The van der Waals surface area contributed by atoms with Gasteiger partial charge >= 0.3 is 0 Å². The lowest BCUT2D eigenvalue weighted by Gasteiger charge is -2.34. The molecule has 0 radical (unpaired) electrons. The number of hydrogen-bond donors (Lipinski definition) is 0. The van der Waals surface area contributed by atoms with Gasteiger partial charge in [-0.1, -0.05) is 6.58 Å². The molecule has 0 N–H and O–H groups in total. The molecule has 2 rings (SSSR count). The van der Waals surface area contributed by atoms with Gasteiger partial charge in [0.15, 0.2) is 5.82 Å². The summed E-state index contributed by atoms with van der Waals surface area (Å²) < 4.78 is 1.50.